The van der Waals surface area contributed by atoms with Crippen molar-refractivity contribution >= 4 is 35.1 Å². The average Bonchev–Trinajstić information content (AvgIpc) is 2.90. The number of fused-ring (bicyclic) bond motifs is 3. The lowest BCUT2D eigenvalue weighted by Crippen LogP contribution is -2.71. The van der Waals surface area contributed by atoms with Crippen LogP contribution >= 0.6 is 11.8 Å². The van der Waals surface area contributed by atoms with Crippen LogP contribution in [0.3, 0.4) is 0 Å². The molecule has 1 fully saturated rings. The van der Waals surface area contributed by atoms with Crippen LogP contribution in [-0.4, -0.2) is 92.3 Å². The first kappa shape index (κ1) is 31.0. The van der Waals surface area contributed by atoms with Crippen LogP contribution in [-0.2, 0) is 31.3 Å². The summed E-state index contributed by atoms with van der Waals surface area (Å²) in [4.78, 5) is 42.2. The van der Waals surface area contributed by atoms with Gasteiger partial charge in [0.1, 0.15) is 29.6 Å². The Labute approximate surface area is 242 Å². The second kappa shape index (κ2) is 11.1. The number of nitrogens with two attached hydrogens (primary N) is 1. The molecule has 0 spiro atoms. The zero-order chi connectivity index (χ0) is 30.7. The molecule has 0 aromatic heterocycles. The average molecular weight is 591 g/mol. The molecule has 7 atom stereocenters. The molecule has 11 nitrogen and oxygen atoms in total. The number of likely N-dealkylation sites (N-methyl/N-ethyl adjacent to an activating group) is 1. The Morgan fingerprint density at radius 2 is 1.83 bits per heavy atom. The molecule has 1 unspecified atom stereocenters. The van der Waals surface area contributed by atoms with E-state index in [9.17, 15) is 39.9 Å². The van der Waals surface area contributed by atoms with Crippen molar-refractivity contribution in [2.75, 3.05) is 20.4 Å². The lowest BCUT2D eigenvalue weighted by Gasteiger charge is -2.55. The molecule has 0 heterocycles. The van der Waals surface area contributed by atoms with Crippen molar-refractivity contribution in [1.82, 2.24) is 4.90 Å². The van der Waals surface area contributed by atoms with Crippen molar-refractivity contribution < 1.29 is 44.7 Å². The minimum Gasteiger partial charge on any atom is -0.508 e. The summed E-state index contributed by atoms with van der Waals surface area (Å²) in [7, 11) is 3.02. The van der Waals surface area contributed by atoms with Gasteiger partial charge in [-0.15, -0.1) is 0 Å². The molecule has 0 radical (unpaired) electrons. The zero-order valence-corrected chi connectivity index (χ0v) is 24.8. The van der Waals surface area contributed by atoms with Gasteiger partial charge < -0.3 is 36.0 Å². The molecule has 1 aromatic rings. The number of aryl methyl sites for hydroxylation is 1. The maximum absolute atomic E-state index is 14.4. The summed E-state index contributed by atoms with van der Waals surface area (Å²) >= 11 is 1.53. The number of nitrogens with zero attached hydrogens (tertiary/aromatic N) is 1. The second-order valence-corrected chi connectivity index (χ2v) is 12.0. The van der Waals surface area contributed by atoms with Crippen LogP contribution in [0.25, 0.3) is 5.76 Å². The topological polar surface area (TPSA) is 191 Å². The largest absolute Gasteiger partial charge is 0.508 e. The summed E-state index contributed by atoms with van der Waals surface area (Å²) in [5, 5.41) is 56.6. The maximum atomic E-state index is 14.4. The number of phenols is 1. The Morgan fingerprint density at radius 1 is 1.20 bits per heavy atom. The highest BCUT2D eigenvalue weighted by Crippen LogP contribution is 2.58. The summed E-state index contributed by atoms with van der Waals surface area (Å²) in [6, 6.07) is 0.505. The van der Waals surface area contributed by atoms with Crippen LogP contribution in [0.4, 0.5) is 0 Å². The van der Waals surface area contributed by atoms with E-state index in [1.165, 1.54) is 30.8 Å². The third kappa shape index (κ3) is 4.38. The number of hydrogen-bond donors (Lipinski definition) is 6. The van der Waals surface area contributed by atoms with E-state index in [0.717, 1.165) is 5.56 Å². The molecule has 7 N–H and O–H groups in total. The fourth-order valence-electron chi connectivity index (χ4n) is 6.90. The number of aliphatic hydroxyl groups excluding tert-OH is 3. The van der Waals surface area contributed by atoms with Crippen molar-refractivity contribution in [3.8, 4) is 5.75 Å². The predicted octanol–water partition coefficient (Wildman–Crippen LogP) is 1.67. The first-order valence-electron chi connectivity index (χ1n) is 13.5. The minimum absolute atomic E-state index is 0.0433. The van der Waals surface area contributed by atoms with E-state index in [2.05, 4.69) is 0 Å². The predicted molar refractivity (Wildman–Crippen MR) is 152 cm³/mol. The van der Waals surface area contributed by atoms with Gasteiger partial charge in [0.05, 0.1) is 23.1 Å². The van der Waals surface area contributed by atoms with Gasteiger partial charge in [0.2, 0.25) is 5.78 Å². The quantitative estimate of drug-likeness (QED) is 0.199. The number of aliphatic hydroxyl groups is 4. The first-order chi connectivity index (χ1) is 19.2. The minimum atomic E-state index is -2.89. The molecule has 3 aliphatic carbocycles. The van der Waals surface area contributed by atoms with Crippen LogP contribution in [0.2, 0.25) is 0 Å². The molecular weight excluding hydrogens is 552 g/mol. The fraction of sp³-hybridized carbons (Fsp3) is 0.552. The number of rotatable bonds is 7. The summed E-state index contributed by atoms with van der Waals surface area (Å²) in [5.41, 5.74) is 3.59. The Kier molecular flexibility index (Phi) is 8.38. The number of aromatic hydroxyl groups is 1. The Bertz CT molecular complexity index is 1370. The number of carbonyl (C=O) groups is 3. The number of carbonyl (C=O) groups excluding carboxylic acids is 3. The number of Topliss-reactive ketones (excluding diaryl/α,β-unsaturated/α-hetero) is 2. The molecule has 3 aliphatic rings. The summed E-state index contributed by atoms with van der Waals surface area (Å²) in [6.45, 7) is 5.17. The maximum Gasteiger partial charge on any atom is 0.305 e. The monoisotopic (exact) mass is 590 g/mol. The SMILES string of the molecule is CCC(=O)O[C@H]1[C@H]2C(=C(O)c3c(O)c(CC)cc(CSC)c3[C@@H]2C)C(=O)[C@]2(O)C(O)=C(C(N)O)C(=O)[C@@H](N(C)C)[C@H]12. The third-order valence-electron chi connectivity index (χ3n) is 8.68. The van der Waals surface area contributed by atoms with Gasteiger partial charge in [0.25, 0.3) is 0 Å². The van der Waals surface area contributed by atoms with Gasteiger partial charge >= 0.3 is 5.97 Å². The van der Waals surface area contributed by atoms with E-state index in [4.69, 9.17) is 10.5 Å². The molecule has 1 saturated carbocycles. The Balaban J connectivity index is 2.15. The fourth-order valence-corrected chi connectivity index (χ4v) is 7.45. The van der Waals surface area contributed by atoms with Gasteiger partial charge in [0.15, 0.2) is 11.4 Å². The summed E-state index contributed by atoms with van der Waals surface area (Å²) < 4.78 is 5.90. The molecule has 0 aliphatic heterocycles. The van der Waals surface area contributed by atoms with Gasteiger partial charge in [-0.3, -0.25) is 19.3 Å². The highest BCUT2D eigenvalue weighted by atomic mass is 32.2. The van der Waals surface area contributed by atoms with Crippen molar-refractivity contribution in [2.45, 2.75) is 69.3 Å². The summed E-state index contributed by atoms with van der Waals surface area (Å²) in [5.74, 6) is -7.30. The standard InChI is InChI=1S/C29H38N2O9S/c1-7-12-9-13(10-41-6)15-11(3)16-18(23(34)17(15)22(12)33)26(36)29(39)20(25(16)40-14(32)8-2)21(31(4)5)24(35)19(27(29)37)28(30)38/h9,11,16,20-21,25,28,33-34,37-39H,7-8,10,30H2,1-6H3/t11-,16+,20+,21-,25-,28?,29-/m0/s1. The smallest absolute Gasteiger partial charge is 0.305 e. The van der Waals surface area contributed by atoms with E-state index in [0.29, 0.717) is 23.3 Å². The molecule has 224 valence electrons. The third-order valence-corrected chi connectivity index (χ3v) is 9.28. The van der Waals surface area contributed by atoms with Crippen LogP contribution < -0.4 is 5.73 Å². The zero-order valence-electron chi connectivity index (χ0n) is 24.0. The van der Waals surface area contributed by atoms with E-state index in [1.54, 1.807) is 13.8 Å². The lowest BCUT2D eigenvalue weighted by molar-refractivity contribution is -0.185. The van der Waals surface area contributed by atoms with Gasteiger partial charge in [-0.05, 0) is 49.4 Å². The van der Waals surface area contributed by atoms with Crippen LogP contribution in [0.1, 0.15) is 55.4 Å². The molecule has 41 heavy (non-hydrogen) atoms. The molecule has 0 bridgehead atoms. The van der Waals surface area contributed by atoms with Crippen molar-refractivity contribution in [1.29, 1.82) is 0 Å². The van der Waals surface area contributed by atoms with E-state index in [1.807, 2.05) is 19.2 Å². The van der Waals surface area contributed by atoms with Crippen molar-refractivity contribution in [3.63, 3.8) is 0 Å². The van der Waals surface area contributed by atoms with Crippen molar-refractivity contribution in [3.05, 3.63) is 45.2 Å². The molecule has 1 aromatic carbocycles. The first-order valence-corrected chi connectivity index (χ1v) is 14.9. The van der Waals surface area contributed by atoms with Crippen LogP contribution in [0.15, 0.2) is 23.0 Å². The van der Waals surface area contributed by atoms with E-state index < -0.39 is 76.4 Å². The number of benzene rings is 1. The molecule has 0 amide bonds. The lowest BCUT2D eigenvalue weighted by atomic mass is 9.54. The van der Waals surface area contributed by atoms with Crippen molar-refractivity contribution in [2.24, 2.45) is 17.6 Å². The number of esters is 1. The summed E-state index contributed by atoms with van der Waals surface area (Å²) in [6.07, 6.45) is -1.13. The number of thioether (sulfide) groups is 1. The molecule has 0 saturated heterocycles. The van der Waals surface area contributed by atoms with Gasteiger partial charge in [0, 0.05) is 23.7 Å². The number of phenolic OH excluding ortho intramolecular Hbond substituents is 1. The Morgan fingerprint density at radius 3 is 2.34 bits per heavy atom. The highest BCUT2D eigenvalue weighted by molar-refractivity contribution is 7.97. The number of ether oxygens (including phenoxy) is 1. The normalized spacial score (nSPS) is 30.2. The van der Waals surface area contributed by atoms with E-state index in [-0.39, 0.29) is 23.3 Å². The Hall–Kier alpha value is -2.90. The molecular formula is C29H38N2O9S. The van der Waals surface area contributed by atoms with E-state index >= 15 is 0 Å². The van der Waals surface area contributed by atoms with Gasteiger partial charge in [-0.2, -0.15) is 11.8 Å². The van der Waals surface area contributed by atoms with Gasteiger partial charge in [-0.25, -0.2) is 0 Å². The van der Waals surface area contributed by atoms with Gasteiger partial charge in [-0.1, -0.05) is 26.8 Å². The van der Waals surface area contributed by atoms with Crippen LogP contribution in [0, 0.1) is 11.8 Å². The number of ketones is 2. The molecule has 12 heteroatoms. The molecule has 4 rings (SSSR count). The second-order valence-electron chi connectivity index (χ2n) is 11.1. The number of hydrogen-bond acceptors (Lipinski definition) is 12. The van der Waals surface area contributed by atoms with Crippen LogP contribution in [0.5, 0.6) is 5.75 Å². The highest BCUT2D eigenvalue weighted by Gasteiger charge is 2.69.